The van der Waals surface area contributed by atoms with E-state index in [-0.39, 0.29) is 22.1 Å². The molecule has 0 radical (unpaired) electrons. The van der Waals surface area contributed by atoms with Gasteiger partial charge in [0.05, 0.1) is 23.2 Å². The molecule has 1 atom stereocenters. The maximum atomic E-state index is 13.4. The van der Waals surface area contributed by atoms with Crippen LogP contribution in [0.2, 0.25) is 5.02 Å². The number of phenols is 1. The van der Waals surface area contributed by atoms with Crippen LogP contribution < -0.4 is 9.64 Å². The van der Waals surface area contributed by atoms with Gasteiger partial charge in [0.25, 0.3) is 11.7 Å². The Kier molecular flexibility index (Phi) is 7.09. The second-order valence-corrected chi connectivity index (χ2v) is 9.79. The van der Waals surface area contributed by atoms with Crippen LogP contribution in [0.25, 0.3) is 5.76 Å². The lowest BCUT2D eigenvalue weighted by molar-refractivity contribution is -0.132. The molecule has 3 aromatic rings. The Labute approximate surface area is 215 Å². The molecule has 1 saturated heterocycles. The van der Waals surface area contributed by atoms with E-state index >= 15 is 0 Å². The van der Waals surface area contributed by atoms with E-state index in [9.17, 15) is 19.8 Å². The summed E-state index contributed by atoms with van der Waals surface area (Å²) < 4.78 is 5.78. The molecule has 6 nitrogen and oxygen atoms in total. The normalized spacial score (nSPS) is 17.2. The van der Waals surface area contributed by atoms with Gasteiger partial charge in [0.15, 0.2) is 0 Å². The fourth-order valence-electron chi connectivity index (χ4n) is 4.13. The van der Waals surface area contributed by atoms with Crippen molar-refractivity contribution in [2.45, 2.75) is 33.7 Å². The predicted octanol–water partition coefficient (Wildman–Crippen LogP) is 6.32. The number of phenolic OH excluding ortho intramolecular Hbond substituents is 1. The van der Waals surface area contributed by atoms with Crippen molar-refractivity contribution in [3.05, 3.63) is 93.5 Å². The summed E-state index contributed by atoms with van der Waals surface area (Å²) in [6.07, 6.45) is 0. The number of carbonyl (C=O) groups excluding carboxylic acids is 2. The van der Waals surface area contributed by atoms with Crippen LogP contribution in [0.15, 0.2) is 66.2 Å². The van der Waals surface area contributed by atoms with Crippen LogP contribution in [-0.2, 0) is 9.59 Å². The number of benzene rings is 3. The molecule has 36 heavy (non-hydrogen) atoms. The Balaban J connectivity index is 1.90. The van der Waals surface area contributed by atoms with Crippen LogP contribution in [0.4, 0.5) is 5.69 Å². The van der Waals surface area contributed by atoms with Gasteiger partial charge >= 0.3 is 0 Å². The minimum atomic E-state index is -0.953. The van der Waals surface area contributed by atoms with Crippen molar-refractivity contribution in [2.75, 3.05) is 11.5 Å². The van der Waals surface area contributed by atoms with Crippen molar-refractivity contribution in [3.63, 3.8) is 0 Å². The average Bonchev–Trinajstić information content (AvgIpc) is 3.11. The van der Waals surface area contributed by atoms with E-state index < -0.39 is 17.7 Å². The fourth-order valence-corrected chi connectivity index (χ4v) is 4.32. The molecule has 0 aromatic heterocycles. The van der Waals surface area contributed by atoms with Crippen molar-refractivity contribution in [2.24, 2.45) is 5.92 Å². The molecule has 0 bridgehead atoms. The topological polar surface area (TPSA) is 87.1 Å². The molecule has 1 aliphatic heterocycles. The number of aromatic hydroxyl groups is 1. The van der Waals surface area contributed by atoms with E-state index in [1.807, 2.05) is 39.8 Å². The lowest BCUT2D eigenvalue weighted by Crippen LogP contribution is -2.29. The zero-order valence-electron chi connectivity index (χ0n) is 20.6. The van der Waals surface area contributed by atoms with Gasteiger partial charge in [-0.25, -0.2) is 0 Å². The van der Waals surface area contributed by atoms with Crippen LogP contribution in [0.1, 0.15) is 42.1 Å². The first-order chi connectivity index (χ1) is 17.1. The summed E-state index contributed by atoms with van der Waals surface area (Å²) in [4.78, 5) is 28.1. The molecular formula is C29H28ClNO5. The van der Waals surface area contributed by atoms with E-state index in [2.05, 4.69) is 0 Å². The quantitative estimate of drug-likeness (QED) is 0.232. The zero-order valence-corrected chi connectivity index (χ0v) is 21.3. The van der Waals surface area contributed by atoms with Gasteiger partial charge in [-0.15, -0.1) is 0 Å². The molecule has 0 saturated carbocycles. The third-order valence-electron chi connectivity index (χ3n) is 6.19. The molecule has 1 unspecified atom stereocenters. The maximum absolute atomic E-state index is 13.4. The van der Waals surface area contributed by atoms with Crippen LogP contribution >= 0.6 is 11.6 Å². The average molecular weight is 506 g/mol. The van der Waals surface area contributed by atoms with Crippen molar-refractivity contribution in [3.8, 4) is 11.5 Å². The van der Waals surface area contributed by atoms with Gasteiger partial charge in [0.1, 0.15) is 17.3 Å². The zero-order chi connectivity index (χ0) is 26.1. The Morgan fingerprint density at radius 2 is 1.78 bits per heavy atom. The second-order valence-electron chi connectivity index (χ2n) is 9.38. The summed E-state index contributed by atoms with van der Waals surface area (Å²) in [5.74, 6) is -1.16. The van der Waals surface area contributed by atoms with E-state index in [0.29, 0.717) is 35.1 Å². The van der Waals surface area contributed by atoms with Crippen LogP contribution in [-0.4, -0.2) is 28.5 Å². The van der Waals surface area contributed by atoms with Crippen LogP contribution in [0.3, 0.4) is 0 Å². The van der Waals surface area contributed by atoms with E-state index in [1.54, 1.807) is 36.4 Å². The Morgan fingerprint density at radius 1 is 1.03 bits per heavy atom. The molecule has 4 rings (SSSR count). The summed E-state index contributed by atoms with van der Waals surface area (Å²) in [7, 11) is 0. The molecule has 0 spiro atoms. The number of ketones is 1. The molecule has 1 heterocycles. The van der Waals surface area contributed by atoms with Crippen LogP contribution in [0, 0.1) is 19.8 Å². The number of aliphatic hydroxyl groups excluding tert-OH is 1. The molecule has 7 heteroatoms. The molecule has 3 aromatic carbocycles. The molecule has 1 fully saturated rings. The highest BCUT2D eigenvalue weighted by atomic mass is 35.5. The minimum absolute atomic E-state index is 0.0685. The molecular weight excluding hydrogens is 478 g/mol. The third-order valence-corrected chi connectivity index (χ3v) is 6.49. The first-order valence-electron chi connectivity index (χ1n) is 11.7. The van der Waals surface area contributed by atoms with E-state index in [4.69, 9.17) is 16.3 Å². The summed E-state index contributed by atoms with van der Waals surface area (Å²) in [5, 5.41) is 21.4. The summed E-state index contributed by atoms with van der Waals surface area (Å²) in [6.45, 7) is 8.43. The number of anilines is 1. The van der Waals surface area contributed by atoms with Crippen LogP contribution in [0.5, 0.6) is 11.5 Å². The number of rotatable bonds is 6. The lowest BCUT2D eigenvalue weighted by atomic mass is 9.94. The van der Waals surface area contributed by atoms with Crippen molar-refractivity contribution < 1.29 is 24.5 Å². The predicted molar refractivity (Wildman–Crippen MR) is 141 cm³/mol. The highest BCUT2D eigenvalue weighted by Gasteiger charge is 2.47. The number of Topliss-reactive ketones (excluding diaryl/α,β-unsaturated/α-hetero) is 1. The first-order valence-corrected chi connectivity index (χ1v) is 12.1. The minimum Gasteiger partial charge on any atom is -0.507 e. The molecule has 2 N–H and O–H groups in total. The summed E-state index contributed by atoms with van der Waals surface area (Å²) in [6, 6.07) is 15.8. The number of aryl methyl sites for hydroxylation is 2. The largest absolute Gasteiger partial charge is 0.507 e. The number of ether oxygens (including phenoxy) is 1. The van der Waals surface area contributed by atoms with Gasteiger partial charge in [0.2, 0.25) is 0 Å². The Hall–Kier alpha value is -3.77. The number of nitrogens with zero attached hydrogens (tertiary/aromatic N) is 1. The summed E-state index contributed by atoms with van der Waals surface area (Å²) in [5.41, 5.74) is 3.27. The number of hydrogen-bond donors (Lipinski definition) is 2. The molecule has 0 aliphatic carbocycles. The Morgan fingerprint density at radius 3 is 2.44 bits per heavy atom. The number of aliphatic hydroxyl groups is 1. The van der Waals surface area contributed by atoms with Gasteiger partial charge in [-0.3, -0.25) is 14.5 Å². The highest BCUT2D eigenvalue weighted by molar-refractivity contribution is 6.51. The second kappa shape index (κ2) is 10.1. The van der Waals surface area contributed by atoms with Gasteiger partial charge in [-0.2, -0.15) is 0 Å². The smallest absolute Gasteiger partial charge is 0.300 e. The van der Waals surface area contributed by atoms with E-state index in [0.717, 1.165) is 11.1 Å². The van der Waals surface area contributed by atoms with Crippen molar-refractivity contribution in [1.82, 2.24) is 0 Å². The van der Waals surface area contributed by atoms with Gasteiger partial charge < -0.3 is 14.9 Å². The molecule has 1 amide bonds. The fraction of sp³-hybridized carbons (Fsp3) is 0.241. The number of carbonyl (C=O) groups is 2. The summed E-state index contributed by atoms with van der Waals surface area (Å²) >= 11 is 6.20. The number of halogens is 1. The molecule has 186 valence electrons. The van der Waals surface area contributed by atoms with Gasteiger partial charge in [-0.1, -0.05) is 49.7 Å². The number of amides is 1. The Bertz CT molecular complexity index is 1380. The van der Waals surface area contributed by atoms with Gasteiger partial charge in [-0.05, 0) is 72.9 Å². The highest BCUT2D eigenvalue weighted by Crippen LogP contribution is 2.44. The lowest BCUT2D eigenvalue weighted by Gasteiger charge is -2.26. The molecule has 1 aliphatic rings. The van der Waals surface area contributed by atoms with Gasteiger partial charge in [0, 0.05) is 11.3 Å². The van der Waals surface area contributed by atoms with Crippen molar-refractivity contribution >= 4 is 34.7 Å². The maximum Gasteiger partial charge on any atom is 0.300 e. The number of hydrogen-bond acceptors (Lipinski definition) is 5. The first kappa shape index (κ1) is 25.3. The standard InChI is InChI=1S/C29H28ClNO5/c1-16(2)15-36-22-7-5-6-20(13-22)27(33)25-26(19-9-11-24(32)23(30)14-19)31(29(35)28(25)34)21-10-8-17(3)18(4)12-21/h5-14,16,26,32-33H,15H2,1-4H3/b27-25+. The monoisotopic (exact) mass is 505 g/mol. The SMILES string of the molecule is Cc1ccc(N2C(=O)C(=O)/C(=C(/O)c3cccc(OCC(C)C)c3)C2c2ccc(O)c(Cl)c2)cc1C. The third kappa shape index (κ3) is 4.82. The van der Waals surface area contributed by atoms with Crippen molar-refractivity contribution in [1.29, 1.82) is 0 Å². The van der Waals surface area contributed by atoms with E-state index in [1.165, 1.54) is 17.0 Å².